The molecule has 13 rings (SSSR count). The lowest BCUT2D eigenvalue weighted by Gasteiger charge is -2.34. The Kier molecular flexibility index (Phi) is 8.51. The molecule has 1 unspecified atom stereocenters. The Balaban J connectivity index is 1.16. The van der Waals surface area contributed by atoms with Crippen molar-refractivity contribution in [3.63, 3.8) is 0 Å². The van der Waals surface area contributed by atoms with Crippen LogP contribution in [0, 0.1) is 20.8 Å². The van der Waals surface area contributed by atoms with Crippen molar-refractivity contribution < 1.29 is 0 Å². The third-order valence-corrected chi connectivity index (χ3v) is 14.5. The zero-order valence-electron chi connectivity index (χ0n) is 37.3. The number of nitrogens with zero attached hydrogens (tertiary/aromatic N) is 2. The lowest BCUT2D eigenvalue weighted by Crippen LogP contribution is -2.27. The van der Waals surface area contributed by atoms with E-state index in [-0.39, 0.29) is 0 Å². The van der Waals surface area contributed by atoms with Crippen LogP contribution in [0.25, 0.3) is 54.6 Å². The first kappa shape index (κ1) is 38.3. The normalized spacial score (nSPS) is 14.3. The van der Waals surface area contributed by atoms with E-state index in [0.717, 1.165) is 28.4 Å². The molecule has 1 spiro atoms. The summed E-state index contributed by atoms with van der Waals surface area (Å²) in [5.41, 5.74) is 20.3. The molecule has 11 aromatic carbocycles. The van der Waals surface area contributed by atoms with Crippen LogP contribution in [0.3, 0.4) is 0 Å². The van der Waals surface area contributed by atoms with Gasteiger partial charge in [-0.05, 0) is 188 Å². The molecule has 11 aromatic rings. The fraction of sp³-hybridized carbons (Fsp3) is 0.0625. The summed E-state index contributed by atoms with van der Waals surface area (Å²) in [6.07, 6.45) is 0. The minimum Gasteiger partial charge on any atom is -0.310 e. The van der Waals surface area contributed by atoms with Crippen molar-refractivity contribution in [2.45, 2.75) is 26.2 Å². The Morgan fingerprint density at radius 2 is 0.697 bits per heavy atom. The molecule has 1 atom stereocenters. The van der Waals surface area contributed by atoms with Crippen LogP contribution in [-0.4, -0.2) is 0 Å². The molecule has 0 fully saturated rings. The summed E-state index contributed by atoms with van der Waals surface area (Å²) >= 11 is 0. The molecule has 2 aliphatic carbocycles. The maximum Gasteiger partial charge on any atom is 0.0727 e. The zero-order valence-corrected chi connectivity index (χ0v) is 37.3. The number of hydrogen-bond donors (Lipinski definition) is 0. The molecule has 2 heteroatoms. The molecule has 0 saturated carbocycles. The number of benzene rings is 11. The van der Waals surface area contributed by atoms with E-state index < -0.39 is 5.41 Å². The summed E-state index contributed by atoms with van der Waals surface area (Å²) < 4.78 is 0. The molecule has 312 valence electrons. The van der Waals surface area contributed by atoms with E-state index in [2.05, 4.69) is 255 Å². The molecule has 0 aliphatic heterocycles. The summed E-state index contributed by atoms with van der Waals surface area (Å²) in [6.45, 7) is 6.61. The lowest BCUT2D eigenvalue weighted by molar-refractivity contribution is 0.794. The highest BCUT2D eigenvalue weighted by Crippen LogP contribution is 2.65. The van der Waals surface area contributed by atoms with Crippen LogP contribution in [-0.2, 0) is 5.41 Å². The highest BCUT2D eigenvalue weighted by molar-refractivity contribution is 6.26. The van der Waals surface area contributed by atoms with Gasteiger partial charge in [-0.2, -0.15) is 0 Å². The van der Waals surface area contributed by atoms with Gasteiger partial charge in [0.15, 0.2) is 0 Å². The average molecular weight is 843 g/mol. The standard InChI is InChI=1S/C64H46N2/c1-41-26-30-46(31-27-41)65(44-16-6-4-7-17-44)48-34-35-54-57-36-43(3)63(66(45-18-8-5-9-19-45)47-32-28-42(2)29-33-47)40-62(57)64(60(54)37-48)59-25-15-14-24-53(59)58-38-55-51-22-12-10-20-49(51)50-21-11-13-23-52(50)56(55)39-61(58)64/h4-40H,1-3H3. The van der Waals surface area contributed by atoms with E-state index in [9.17, 15) is 0 Å². The van der Waals surface area contributed by atoms with Crippen LogP contribution in [0.1, 0.15) is 38.9 Å². The quantitative estimate of drug-likeness (QED) is 0.154. The van der Waals surface area contributed by atoms with E-state index in [4.69, 9.17) is 0 Å². The minimum atomic E-state index is -0.638. The van der Waals surface area contributed by atoms with Crippen molar-refractivity contribution in [1.82, 2.24) is 0 Å². The molecule has 2 aliphatic rings. The Morgan fingerprint density at radius 1 is 0.273 bits per heavy atom. The number of para-hydroxylation sites is 2. The van der Waals surface area contributed by atoms with Gasteiger partial charge in [0.1, 0.15) is 0 Å². The SMILES string of the molecule is Cc1ccc(N(c2ccccc2)c2ccc3c(c2)C2(c4ccccc4-c4cc5c6ccccc6c6ccccc6c5cc42)c2cc(N(c4ccccc4)c4ccc(C)cc4)c(C)cc2-3)cc1. The Hall–Kier alpha value is -8.20. The van der Waals surface area contributed by atoms with Crippen molar-refractivity contribution in [3.05, 3.63) is 263 Å². The maximum absolute atomic E-state index is 2.58. The Bertz CT molecular complexity index is 3720. The van der Waals surface area contributed by atoms with Crippen LogP contribution in [0.2, 0.25) is 0 Å². The predicted octanol–water partition coefficient (Wildman–Crippen LogP) is 17.4. The number of fused-ring (bicyclic) bond motifs is 16. The number of hydrogen-bond acceptors (Lipinski definition) is 2. The van der Waals surface area contributed by atoms with E-state index in [1.54, 1.807) is 0 Å². The Morgan fingerprint density at radius 3 is 1.32 bits per heavy atom. The predicted molar refractivity (Wildman–Crippen MR) is 279 cm³/mol. The van der Waals surface area contributed by atoms with Gasteiger partial charge in [0.05, 0.1) is 5.41 Å². The molecular weight excluding hydrogens is 797 g/mol. The Labute approximate surface area is 386 Å². The van der Waals surface area contributed by atoms with Gasteiger partial charge in [0, 0.05) is 34.1 Å². The smallest absolute Gasteiger partial charge is 0.0727 e. The fourth-order valence-electron chi connectivity index (χ4n) is 11.5. The number of aryl methyl sites for hydroxylation is 3. The first-order valence-electron chi connectivity index (χ1n) is 23.1. The minimum absolute atomic E-state index is 0.638. The van der Waals surface area contributed by atoms with Crippen LogP contribution in [0.4, 0.5) is 34.1 Å². The van der Waals surface area contributed by atoms with Gasteiger partial charge >= 0.3 is 0 Å². The van der Waals surface area contributed by atoms with Gasteiger partial charge in [-0.25, -0.2) is 0 Å². The van der Waals surface area contributed by atoms with Crippen LogP contribution < -0.4 is 9.80 Å². The van der Waals surface area contributed by atoms with E-state index in [1.807, 2.05) is 0 Å². The fourth-order valence-corrected chi connectivity index (χ4v) is 11.5. The van der Waals surface area contributed by atoms with Gasteiger partial charge in [-0.1, -0.05) is 151 Å². The second-order valence-corrected chi connectivity index (χ2v) is 18.3. The summed E-state index contributed by atoms with van der Waals surface area (Å²) in [5, 5.41) is 7.71. The molecule has 2 nitrogen and oxygen atoms in total. The summed E-state index contributed by atoms with van der Waals surface area (Å²) in [7, 11) is 0. The molecule has 0 aromatic heterocycles. The molecular formula is C64H46N2. The largest absolute Gasteiger partial charge is 0.310 e. The van der Waals surface area contributed by atoms with Crippen LogP contribution >= 0.6 is 0 Å². The summed E-state index contributed by atoms with van der Waals surface area (Å²) in [4.78, 5) is 4.87. The third kappa shape index (κ3) is 5.55. The van der Waals surface area contributed by atoms with E-state index in [0.29, 0.717) is 0 Å². The van der Waals surface area contributed by atoms with Gasteiger partial charge in [0.25, 0.3) is 0 Å². The van der Waals surface area contributed by atoms with Gasteiger partial charge < -0.3 is 9.80 Å². The van der Waals surface area contributed by atoms with Crippen molar-refractivity contribution >= 4 is 66.4 Å². The second-order valence-electron chi connectivity index (χ2n) is 18.3. The lowest BCUT2D eigenvalue weighted by atomic mass is 9.70. The first-order valence-corrected chi connectivity index (χ1v) is 23.1. The van der Waals surface area contributed by atoms with Crippen molar-refractivity contribution in [2.75, 3.05) is 9.80 Å². The molecule has 0 bridgehead atoms. The van der Waals surface area contributed by atoms with Crippen molar-refractivity contribution in [1.29, 1.82) is 0 Å². The van der Waals surface area contributed by atoms with E-state index >= 15 is 0 Å². The van der Waals surface area contributed by atoms with Crippen LogP contribution in [0.15, 0.2) is 224 Å². The van der Waals surface area contributed by atoms with Crippen molar-refractivity contribution in [3.8, 4) is 22.3 Å². The second kappa shape index (κ2) is 14.7. The van der Waals surface area contributed by atoms with Crippen LogP contribution in [0.5, 0.6) is 0 Å². The van der Waals surface area contributed by atoms with Gasteiger partial charge in [0.2, 0.25) is 0 Å². The number of rotatable bonds is 6. The summed E-state index contributed by atoms with van der Waals surface area (Å²) in [5.74, 6) is 0. The molecule has 0 saturated heterocycles. The molecule has 0 N–H and O–H groups in total. The molecule has 0 radical (unpaired) electrons. The monoisotopic (exact) mass is 842 g/mol. The maximum atomic E-state index is 2.58. The highest BCUT2D eigenvalue weighted by Gasteiger charge is 2.52. The molecule has 0 amide bonds. The molecule has 0 heterocycles. The van der Waals surface area contributed by atoms with Gasteiger partial charge in [-0.15, -0.1) is 0 Å². The zero-order chi connectivity index (χ0) is 44.1. The van der Waals surface area contributed by atoms with E-state index in [1.165, 1.54) is 99.2 Å². The molecule has 66 heavy (non-hydrogen) atoms. The topological polar surface area (TPSA) is 6.48 Å². The average Bonchev–Trinajstić information content (AvgIpc) is 3.81. The van der Waals surface area contributed by atoms with Crippen molar-refractivity contribution in [2.24, 2.45) is 0 Å². The summed E-state index contributed by atoms with van der Waals surface area (Å²) in [6, 6.07) is 84.1. The number of anilines is 6. The third-order valence-electron chi connectivity index (χ3n) is 14.5. The first-order chi connectivity index (χ1) is 32.5. The highest BCUT2D eigenvalue weighted by atomic mass is 15.1. The van der Waals surface area contributed by atoms with Gasteiger partial charge in [-0.3, -0.25) is 0 Å².